The van der Waals surface area contributed by atoms with E-state index in [-0.39, 0.29) is 45.3 Å². The molecule has 1 aliphatic heterocycles. The molecule has 7 rings (SSSR count). The summed E-state index contributed by atoms with van der Waals surface area (Å²) in [7, 11) is 0. The Morgan fingerprint density at radius 3 is 2.41 bits per heavy atom. The molecule has 310 valence electrons. The van der Waals surface area contributed by atoms with Gasteiger partial charge >= 0.3 is 5.97 Å². The van der Waals surface area contributed by atoms with Crippen LogP contribution in [0.1, 0.15) is 134 Å². The predicted molar refractivity (Wildman–Crippen MR) is 222 cm³/mol. The van der Waals surface area contributed by atoms with E-state index in [1.165, 1.54) is 5.57 Å². The van der Waals surface area contributed by atoms with Gasteiger partial charge in [0.1, 0.15) is 6.33 Å². The van der Waals surface area contributed by atoms with Crippen molar-refractivity contribution in [2.45, 2.75) is 146 Å². The first-order chi connectivity index (χ1) is 26.2. The van der Waals surface area contributed by atoms with Crippen LogP contribution >= 0.6 is 0 Å². The highest BCUT2D eigenvalue weighted by atomic mass is 16.5. The van der Waals surface area contributed by atoms with E-state index >= 15 is 0 Å². The van der Waals surface area contributed by atoms with Crippen molar-refractivity contribution in [3.05, 3.63) is 42.5 Å². The van der Waals surface area contributed by atoms with Gasteiger partial charge in [-0.05, 0) is 121 Å². The summed E-state index contributed by atoms with van der Waals surface area (Å²) in [5.41, 5.74) is 0.719. The van der Waals surface area contributed by atoms with Crippen molar-refractivity contribution < 1.29 is 19.4 Å². The molecule has 12 atom stereocenters. The third-order valence-corrected chi connectivity index (χ3v) is 17.8. The molecule has 3 saturated carbocycles. The van der Waals surface area contributed by atoms with Crippen LogP contribution in [0, 0.1) is 62.1 Å². The number of hydrogen-bond donors (Lipinski definition) is 2. The summed E-state index contributed by atoms with van der Waals surface area (Å²) in [6, 6.07) is 3.96. The first-order valence-corrected chi connectivity index (χ1v) is 21.9. The average molecular weight is 772 g/mol. The quantitative estimate of drug-likeness (QED) is 0.217. The number of pyridine rings is 1. The maximum atomic E-state index is 13.7. The lowest BCUT2D eigenvalue weighted by Gasteiger charge is -2.71. The van der Waals surface area contributed by atoms with Crippen LogP contribution < -0.4 is 5.32 Å². The van der Waals surface area contributed by atoms with Gasteiger partial charge < -0.3 is 19.9 Å². The molecule has 0 spiro atoms. The molecule has 2 aromatic rings. The fraction of sp³-hybridized carbons (Fsp3) is 0.787. The SMILES string of the molecule is CCCN[C@@](C)(CO[C@H]1[C@H](n2ncnc2-c2ccncc2)C[C@]2(C)COC[C@@]13C1=CC[C@@]4(C)[C@H](C(=O)O)[C@@](C)([C@H](C)C(C)C)CC[C@]4(C)[C@H]1CC[C@H]23)C(C)(C)C. The van der Waals surface area contributed by atoms with Crippen molar-refractivity contribution in [3.63, 3.8) is 0 Å². The summed E-state index contributed by atoms with van der Waals surface area (Å²) in [5.74, 6) is 1.08. The Bertz CT molecular complexity index is 1790. The summed E-state index contributed by atoms with van der Waals surface area (Å²) < 4.78 is 16.8. The van der Waals surface area contributed by atoms with Crippen molar-refractivity contribution in [2.24, 2.45) is 62.1 Å². The lowest BCUT2D eigenvalue weighted by molar-refractivity contribution is -0.255. The molecule has 2 bridgehead atoms. The molecule has 5 aliphatic rings. The number of fused-ring (bicyclic) bond motifs is 3. The van der Waals surface area contributed by atoms with Crippen LogP contribution in [0.4, 0.5) is 0 Å². The van der Waals surface area contributed by atoms with Crippen molar-refractivity contribution in [1.29, 1.82) is 0 Å². The van der Waals surface area contributed by atoms with E-state index in [9.17, 15) is 9.90 Å². The molecule has 9 nitrogen and oxygen atoms in total. The van der Waals surface area contributed by atoms with Gasteiger partial charge in [-0.15, -0.1) is 0 Å². The number of carbonyl (C=O) groups is 1. The second kappa shape index (κ2) is 14.3. The Labute approximate surface area is 337 Å². The Morgan fingerprint density at radius 2 is 1.77 bits per heavy atom. The third kappa shape index (κ3) is 6.00. The zero-order valence-corrected chi connectivity index (χ0v) is 36.7. The summed E-state index contributed by atoms with van der Waals surface area (Å²) in [6.07, 6.45) is 14.4. The number of carboxylic acids is 1. The molecule has 1 saturated heterocycles. The zero-order valence-electron chi connectivity index (χ0n) is 36.7. The molecule has 2 N–H and O–H groups in total. The number of allylic oxidation sites excluding steroid dienone is 1. The summed E-state index contributed by atoms with van der Waals surface area (Å²) in [4.78, 5) is 22.9. The molecule has 0 aromatic carbocycles. The minimum absolute atomic E-state index is 0.0708. The fourth-order valence-corrected chi connectivity index (χ4v) is 13.5. The van der Waals surface area contributed by atoms with Gasteiger partial charge in [0.05, 0.1) is 37.9 Å². The van der Waals surface area contributed by atoms with Crippen LogP contribution in [-0.4, -0.2) is 68.8 Å². The molecule has 0 unspecified atom stereocenters. The summed E-state index contributed by atoms with van der Waals surface area (Å²) in [6.45, 7) is 30.7. The summed E-state index contributed by atoms with van der Waals surface area (Å²) >= 11 is 0. The highest BCUT2D eigenvalue weighted by Gasteiger charge is 2.73. The van der Waals surface area contributed by atoms with E-state index in [0.717, 1.165) is 62.9 Å². The molecule has 4 aliphatic carbocycles. The molecule has 2 aromatic heterocycles. The van der Waals surface area contributed by atoms with Gasteiger partial charge in [-0.3, -0.25) is 9.78 Å². The molecular weight excluding hydrogens is 699 g/mol. The molecular formula is C47H73N5O4. The Kier molecular flexibility index (Phi) is 10.6. The zero-order chi connectivity index (χ0) is 40.7. The van der Waals surface area contributed by atoms with E-state index in [1.54, 1.807) is 6.33 Å². The minimum Gasteiger partial charge on any atom is -0.481 e. The lowest BCUT2D eigenvalue weighted by atomic mass is 9.34. The minimum atomic E-state index is -0.625. The van der Waals surface area contributed by atoms with E-state index in [4.69, 9.17) is 19.6 Å². The highest BCUT2D eigenvalue weighted by molar-refractivity contribution is 5.73. The number of hydrogen-bond acceptors (Lipinski definition) is 7. The number of aliphatic carboxylic acids is 1. The van der Waals surface area contributed by atoms with Gasteiger partial charge in [0.25, 0.3) is 0 Å². The van der Waals surface area contributed by atoms with E-state index < -0.39 is 22.7 Å². The monoisotopic (exact) mass is 772 g/mol. The molecule has 0 radical (unpaired) electrons. The molecule has 56 heavy (non-hydrogen) atoms. The summed E-state index contributed by atoms with van der Waals surface area (Å²) in [5, 5.41) is 20.2. The van der Waals surface area contributed by atoms with E-state index in [0.29, 0.717) is 37.6 Å². The van der Waals surface area contributed by atoms with Crippen molar-refractivity contribution in [3.8, 4) is 11.4 Å². The van der Waals surface area contributed by atoms with Gasteiger partial charge in [0.2, 0.25) is 0 Å². The van der Waals surface area contributed by atoms with Gasteiger partial charge in [-0.2, -0.15) is 5.10 Å². The Balaban J connectivity index is 1.41. The predicted octanol–water partition coefficient (Wildman–Crippen LogP) is 9.66. The third-order valence-electron chi connectivity index (χ3n) is 17.8. The van der Waals surface area contributed by atoms with Crippen LogP contribution in [0.2, 0.25) is 0 Å². The second-order valence-corrected chi connectivity index (χ2v) is 21.7. The van der Waals surface area contributed by atoms with Crippen LogP contribution in [-0.2, 0) is 14.3 Å². The van der Waals surface area contributed by atoms with E-state index in [1.807, 2.05) is 24.5 Å². The smallest absolute Gasteiger partial charge is 0.307 e. The van der Waals surface area contributed by atoms with Gasteiger partial charge in [-0.1, -0.05) is 87.8 Å². The first kappa shape index (κ1) is 41.5. The van der Waals surface area contributed by atoms with Crippen LogP contribution in [0.3, 0.4) is 0 Å². The Morgan fingerprint density at radius 1 is 1.05 bits per heavy atom. The standard InChI is InChI=1S/C47H73N5O4/c1-13-22-50-46(12,41(5,6)7)27-56-38-35(52-39(49-29-51-52)32-17-23-48-24-18-32)25-42(8)26-55-28-47(38)34-16-19-45(11)37(40(53)54)43(9,31(4)30(2)3)20-21-44(45,10)33(34)14-15-36(42)47/h16-18,23-24,29-31,33,35-38,50H,13-15,19-22,25-28H2,1-12H3,(H,53,54)/t31-,33+,35-,36-,37-,38+,42-,43-,44-,45+,46+,47+/m1/s1. The fourth-order valence-electron chi connectivity index (χ4n) is 13.5. The maximum absolute atomic E-state index is 13.7. The number of rotatable bonds is 11. The van der Waals surface area contributed by atoms with Crippen LogP contribution in [0.5, 0.6) is 0 Å². The van der Waals surface area contributed by atoms with Gasteiger partial charge in [-0.25, -0.2) is 9.67 Å². The average Bonchev–Trinajstić information content (AvgIpc) is 3.63. The largest absolute Gasteiger partial charge is 0.481 e. The second-order valence-electron chi connectivity index (χ2n) is 21.7. The van der Waals surface area contributed by atoms with Crippen molar-refractivity contribution >= 4 is 5.97 Å². The van der Waals surface area contributed by atoms with Crippen LogP contribution in [0.25, 0.3) is 11.4 Å². The normalized spacial score (nSPS) is 39.8. The lowest BCUT2D eigenvalue weighted by Crippen LogP contribution is -2.70. The first-order valence-electron chi connectivity index (χ1n) is 21.9. The van der Waals surface area contributed by atoms with Crippen molar-refractivity contribution in [1.82, 2.24) is 25.1 Å². The maximum Gasteiger partial charge on any atom is 0.307 e. The Hall–Kier alpha value is -2.62. The van der Waals surface area contributed by atoms with Gasteiger partial charge in [0.15, 0.2) is 5.82 Å². The topological polar surface area (TPSA) is 111 Å². The van der Waals surface area contributed by atoms with Gasteiger partial charge in [0, 0.05) is 28.9 Å². The van der Waals surface area contributed by atoms with E-state index in [2.05, 4.69) is 104 Å². The molecule has 9 heteroatoms. The number of ether oxygens (including phenoxy) is 2. The molecule has 4 fully saturated rings. The number of nitrogens with zero attached hydrogens (tertiary/aromatic N) is 4. The van der Waals surface area contributed by atoms with Crippen molar-refractivity contribution in [2.75, 3.05) is 26.4 Å². The number of nitrogens with one attached hydrogen (secondary N) is 1. The highest BCUT2D eigenvalue weighted by Crippen LogP contribution is 2.75. The molecule has 0 amide bonds. The van der Waals surface area contributed by atoms with Crippen LogP contribution in [0.15, 0.2) is 42.5 Å². The number of carboxylic acid groups (broad SMARTS) is 1. The number of aromatic nitrogens is 4. The molecule has 3 heterocycles.